The third kappa shape index (κ3) is 25.8. The van der Waals surface area contributed by atoms with Crippen LogP contribution in [0.2, 0.25) is 21.1 Å². The van der Waals surface area contributed by atoms with Crippen molar-refractivity contribution in [2.45, 2.75) is 76.5 Å². The summed E-state index contributed by atoms with van der Waals surface area (Å²) in [5.74, 6) is 3.77. The van der Waals surface area contributed by atoms with E-state index in [1.807, 2.05) is 0 Å². The van der Waals surface area contributed by atoms with Gasteiger partial charge in [0.1, 0.15) is 0 Å². The SMILES string of the molecule is CC(C)[CH2][Al+][CH2]C(C)C.CC(C)[CH2][AlH][CH2]C(C)C.[H-]. The molecule has 0 amide bonds. The molecule has 0 saturated carbocycles. The van der Waals surface area contributed by atoms with Crippen molar-refractivity contribution >= 4 is 30.4 Å². The predicted octanol–water partition coefficient (Wildman–Crippen LogP) is 5.52. The average molecular weight is 284 g/mol. The van der Waals surface area contributed by atoms with Crippen molar-refractivity contribution in [2.75, 3.05) is 0 Å². The molecule has 0 nitrogen and oxygen atoms in total. The fourth-order valence-electron chi connectivity index (χ4n) is 1.70. The number of hydrogen-bond donors (Lipinski definition) is 0. The van der Waals surface area contributed by atoms with Gasteiger partial charge >= 0.3 is 65.3 Å². The molecule has 0 aliphatic heterocycles. The summed E-state index contributed by atoms with van der Waals surface area (Å²) in [5, 5.41) is 6.05. The second kappa shape index (κ2) is 14.5. The van der Waals surface area contributed by atoms with E-state index in [0.29, 0.717) is 15.2 Å². The van der Waals surface area contributed by atoms with E-state index in [9.17, 15) is 0 Å². The first-order chi connectivity index (χ1) is 8.25. The van der Waals surface area contributed by atoms with E-state index >= 15 is 0 Å². The topological polar surface area (TPSA) is 0 Å². The molecule has 0 rings (SSSR count). The van der Waals surface area contributed by atoms with Gasteiger partial charge in [0.15, 0.2) is 0 Å². The molecule has 0 aromatic carbocycles. The number of hydrogen-bond acceptors (Lipinski definition) is 0. The smallest absolute Gasteiger partial charge is 0.237 e. The van der Waals surface area contributed by atoms with E-state index in [4.69, 9.17) is 0 Å². The van der Waals surface area contributed by atoms with E-state index in [0.717, 1.165) is 38.9 Å². The summed E-state index contributed by atoms with van der Waals surface area (Å²) in [6.07, 6.45) is 0. The summed E-state index contributed by atoms with van der Waals surface area (Å²) >= 11 is 1.07. The molecule has 0 aromatic heterocycles. The first kappa shape index (κ1) is 21.4. The predicted molar refractivity (Wildman–Crippen MR) is 92.6 cm³/mol. The van der Waals surface area contributed by atoms with E-state index in [2.05, 4.69) is 55.4 Å². The summed E-state index contributed by atoms with van der Waals surface area (Å²) < 4.78 is 0. The fraction of sp³-hybridized carbons (Fsp3) is 1.00. The molecule has 0 aliphatic rings. The zero-order valence-electron chi connectivity index (χ0n) is 15.4. The summed E-state index contributed by atoms with van der Waals surface area (Å²) in [5.41, 5.74) is 0. The third-order valence-electron chi connectivity index (χ3n) is 2.84. The van der Waals surface area contributed by atoms with Crippen LogP contribution in [0.3, 0.4) is 0 Å². The minimum Gasteiger partial charge on any atom is -1.00 e. The maximum absolute atomic E-state index is 2.33. The van der Waals surface area contributed by atoms with Crippen molar-refractivity contribution in [2.24, 2.45) is 23.7 Å². The van der Waals surface area contributed by atoms with Gasteiger partial charge in [0.05, 0.1) is 0 Å². The van der Waals surface area contributed by atoms with Crippen LogP contribution in [0.5, 0.6) is 0 Å². The van der Waals surface area contributed by atoms with Crippen LogP contribution in [0, 0.1) is 23.7 Å². The van der Waals surface area contributed by atoms with Crippen LogP contribution < -0.4 is 0 Å². The van der Waals surface area contributed by atoms with E-state index < -0.39 is 0 Å². The van der Waals surface area contributed by atoms with Crippen molar-refractivity contribution in [1.82, 2.24) is 0 Å². The first-order valence-corrected chi connectivity index (χ1v) is 11.7. The molecule has 0 unspecified atom stereocenters. The Morgan fingerprint density at radius 1 is 0.667 bits per heavy atom. The first-order valence-electron chi connectivity index (χ1n) is 8.07. The van der Waals surface area contributed by atoms with E-state index in [1.165, 1.54) is 21.1 Å². The Morgan fingerprint density at radius 3 is 1.22 bits per heavy atom. The largest absolute Gasteiger partial charge is 1.00 e. The van der Waals surface area contributed by atoms with E-state index in [-0.39, 0.29) is 1.43 Å². The van der Waals surface area contributed by atoms with Gasteiger partial charge in [-0.3, -0.25) is 0 Å². The molecule has 108 valence electrons. The normalized spacial score (nSPS) is 10.7. The molecule has 0 radical (unpaired) electrons. The summed E-state index contributed by atoms with van der Waals surface area (Å²) in [7, 11) is 0. The van der Waals surface area contributed by atoms with Crippen molar-refractivity contribution in [1.29, 1.82) is 0 Å². The van der Waals surface area contributed by atoms with Gasteiger partial charge in [-0.25, -0.2) is 0 Å². The van der Waals surface area contributed by atoms with Crippen LogP contribution in [0.1, 0.15) is 56.8 Å². The van der Waals surface area contributed by atoms with Crippen LogP contribution in [0.25, 0.3) is 0 Å². The maximum Gasteiger partial charge on any atom is 0.237 e. The van der Waals surface area contributed by atoms with Crippen LogP contribution >= 0.6 is 0 Å². The molecule has 0 atom stereocenters. The Balaban J connectivity index is -0.000000256. The molecule has 0 fully saturated rings. The molecular weight excluding hydrogens is 246 g/mol. The van der Waals surface area contributed by atoms with Gasteiger partial charge in [-0.15, -0.1) is 0 Å². The molecule has 0 aliphatic carbocycles. The van der Waals surface area contributed by atoms with Gasteiger partial charge < -0.3 is 1.43 Å². The molecule has 0 saturated heterocycles. The van der Waals surface area contributed by atoms with Gasteiger partial charge in [0.25, 0.3) is 0 Å². The molecule has 18 heavy (non-hydrogen) atoms. The van der Waals surface area contributed by atoms with Gasteiger partial charge in [-0.1, -0.05) is 50.1 Å². The second-order valence-corrected chi connectivity index (χ2v) is 10.6. The second-order valence-electron chi connectivity index (χ2n) is 7.27. The Hall–Kier alpha value is 1.06. The Bertz CT molecular complexity index is 123. The standard InChI is InChI=1S/4C4H9.2Al.2H/c4*1-4(2)3;;;;/h4*4H,1H2,2-3H3;;;;/q;;;;;+1;;-1. The molecule has 0 N–H and O–H groups in total. The minimum absolute atomic E-state index is 0. The van der Waals surface area contributed by atoms with Crippen LogP contribution in [0.15, 0.2) is 0 Å². The summed E-state index contributed by atoms with van der Waals surface area (Å²) in [4.78, 5) is 0. The molecule has 0 heterocycles. The van der Waals surface area contributed by atoms with Crippen LogP contribution in [-0.4, -0.2) is 30.4 Å². The molecule has 2 heteroatoms. The number of rotatable bonds is 8. The zero-order valence-corrected chi connectivity index (χ0v) is 17.0. The van der Waals surface area contributed by atoms with Crippen LogP contribution in [0.4, 0.5) is 0 Å². The molecule has 0 aromatic rings. The van der Waals surface area contributed by atoms with Crippen molar-refractivity contribution in [3.05, 3.63) is 0 Å². The monoisotopic (exact) mass is 284 g/mol. The van der Waals surface area contributed by atoms with Gasteiger partial charge in [0, 0.05) is 0 Å². The van der Waals surface area contributed by atoms with Gasteiger partial charge in [0.2, 0.25) is 15.2 Å². The third-order valence-corrected chi connectivity index (χ3v) is 8.52. The Morgan fingerprint density at radius 2 is 1.00 bits per heavy atom. The molecular formula is C16H38Al2. The van der Waals surface area contributed by atoms with Crippen molar-refractivity contribution in [3.63, 3.8) is 0 Å². The molecule has 0 spiro atoms. The summed E-state index contributed by atoms with van der Waals surface area (Å²) in [6, 6.07) is 0. The van der Waals surface area contributed by atoms with E-state index in [1.54, 1.807) is 0 Å². The van der Waals surface area contributed by atoms with Gasteiger partial charge in [-0.05, 0) is 0 Å². The average Bonchev–Trinajstić information content (AvgIpc) is 2.15. The van der Waals surface area contributed by atoms with Crippen molar-refractivity contribution < 1.29 is 1.43 Å². The van der Waals surface area contributed by atoms with Crippen molar-refractivity contribution in [3.8, 4) is 0 Å². The maximum atomic E-state index is 2.33. The Kier molecular flexibility index (Phi) is 17.2. The Labute approximate surface area is 132 Å². The molecule has 0 bridgehead atoms. The van der Waals surface area contributed by atoms with Gasteiger partial charge in [-0.2, -0.15) is 0 Å². The summed E-state index contributed by atoms with van der Waals surface area (Å²) in [6.45, 7) is 18.6. The van der Waals surface area contributed by atoms with Crippen LogP contribution in [-0.2, 0) is 0 Å². The fourth-order valence-corrected chi connectivity index (χ4v) is 5.09. The quantitative estimate of drug-likeness (QED) is 0.515. The minimum atomic E-state index is 0. The zero-order chi connectivity index (χ0) is 14.6.